The average Bonchev–Trinajstić information content (AvgIpc) is 3.70. The van der Waals surface area contributed by atoms with Gasteiger partial charge in [0.25, 0.3) is 5.56 Å². The highest BCUT2D eigenvalue weighted by atomic mass is 32.2. The van der Waals surface area contributed by atoms with E-state index in [0.717, 1.165) is 11.3 Å². The summed E-state index contributed by atoms with van der Waals surface area (Å²) in [6.07, 6.45) is 2.68. The molecule has 1 atom stereocenters. The first-order chi connectivity index (χ1) is 20.4. The molecule has 1 aliphatic heterocycles. The molecule has 42 heavy (non-hydrogen) atoms. The first kappa shape index (κ1) is 29.1. The fraction of sp³-hybridized carbons (Fsp3) is 0.333. The van der Waals surface area contributed by atoms with E-state index in [2.05, 4.69) is 10.6 Å². The summed E-state index contributed by atoms with van der Waals surface area (Å²) in [6.45, 7) is 2.87. The van der Waals surface area contributed by atoms with E-state index in [4.69, 9.17) is 23.6 Å². The summed E-state index contributed by atoms with van der Waals surface area (Å²) >= 11 is 1.22. The van der Waals surface area contributed by atoms with E-state index in [-0.39, 0.29) is 43.7 Å². The number of hydrogen-bond donors (Lipinski definition) is 2. The highest BCUT2D eigenvalue weighted by Gasteiger charge is 2.24. The molecule has 0 spiro atoms. The monoisotopic (exact) mass is 592 g/mol. The Morgan fingerprint density at radius 2 is 1.88 bits per heavy atom. The number of benzene rings is 2. The largest absolute Gasteiger partial charge is 0.497 e. The van der Waals surface area contributed by atoms with Crippen molar-refractivity contribution in [3.63, 3.8) is 0 Å². The summed E-state index contributed by atoms with van der Waals surface area (Å²) in [6, 6.07) is 14.3. The lowest BCUT2D eigenvalue weighted by molar-refractivity contribution is -0.122. The number of hydrogen-bond acceptors (Lipinski definition) is 9. The SMILES string of the molecule is CC[C@@H](Sc1nc2cc3c(cc2c(=O)n1CCCC(=O)NCc1ccc(OC)cc1)OCO3)C(=O)NCc1ccco1. The molecule has 3 heterocycles. The quantitative estimate of drug-likeness (QED) is 0.174. The van der Waals surface area contributed by atoms with Crippen LogP contribution in [0.15, 0.2) is 69.2 Å². The number of thioether (sulfide) groups is 1. The summed E-state index contributed by atoms with van der Waals surface area (Å²) in [5, 5.41) is 6.07. The van der Waals surface area contributed by atoms with Crippen molar-refractivity contribution in [2.45, 2.75) is 56.2 Å². The zero-order valence-corrected chi connectivity index (χ0v) is 24.2. The number of methoxy groups -OCH3 is 1. The Hall–Kier alpha value is -4.45. The number of aromatic nitrogens is 2. The van der Waals surface area contributed by atoms with Crippen molar-refractivity contribution in [2.75, 3.05) is 13.9 Å². The molecule has 0 bridgehead atoms. The molecule has 0 aliphatic carbocycles. The van der Waals surface area contributed by atoms with Gasteiger partial charge in [-0.1, -0.05) is 30.8 Å². The van der Waals surface area contributed by atoms with Crippen molar-refractivity contribution >= 4 is 34.5 Å². The van der Waals surface area contributed by atoms with Crippen LogP contribution in [0.5, 0.6) is 17.2 Å². The van der Waals surface area contributed by atoms with Crippen LogP contribution in [0, 0.1) is 0 Å². The minimum Gasteiger partial charge on any atom is -0.497 e. The summed E-state index contributed by atoms with van der Waals surface area (Å²) in [5.41, 5.74) is 1.13. The van der Waals surface area contributed by atoms with Gasteiger partial charge in [0.2, 0.25) is 18.6 Å². The first-order valence-electron chi connectivity index (χ1n) is 13.7. The second-order valence-electron chi connectivity index (χ2n) is 9.61. The average molecular weight is 593 g/mol. The van der Waals surface area contributed by atoms with Crippen LogP contribution in [-0.4, -0.2) is 40.5 Å². The van der Waals surface area contributed by atoms with Crippen LogP contribution in [0.2, 0.25) is 0 Å². The number of amides is 2. The zero-order valence-electron chi connectivity index (χ0n) is 23.4. The standard InChI is InChI=1S/C30H32N4O7S/c1-3-26(28(36)32-17-21-6-5-13-39-21)42-30-33-23-15-25-24(40-18-41-25)14-22(23)29(37)34(30)12-4-7-27(35)31-16-19-8-10-20(38-2)11-9-19/h5-6,8-11,13-15,26H,3-4,7,12,16-18H2,1-2H3,(H,31,35)(H,32,36)/t26-/m1/s1. The fourth-order valence-electron chi connectivity index (χ4n) is 4.46. The molecule has 0 saturated carbocycles. The minimum absolute atomic E-state index is 0.0703. The first-order valence-corrected chi connectivity index (χ1v) is 14.5. The minimum atomic E-state index is -0.502. The van der Waals surface area contributed by atoms with Crippen LogP contribution in [0.4, 0.5) is 0 Å². The Morgan fingerprint density at radius 3 is 2.60 bits per heavy atom. The number of carbonyl (C=O) groups is 2. The van der Waals surface area contributed by atoms with E-state index in [1.54, 1.807) is 37.6 Å². The van der Waals surface area contributed by atoms with Crippen LogP contribution in [0.25, 0.3) is 10.9 Å². The molecular formula is C30H32N4O7S. The number of nitrogens with zero attached hydrogens (tertiary/aromatic N) is 2. The van der Waals surface area contributed by atoms with Gasteiger partial charge in [0, 0.05) is 25.6 Å². The van der Waals surface area contributed by atoms with Crippen molar-refractivity contribution < 1.29 is 28.2 Å². The molecule has 0 unspecified atom stereocenters. The smallest absolute Gasteiger partial charge is 0.262 e. The second kappa shape index (κ2) is 13.5. The maximum Gasteiger partial charge on any atom is 0.262 e. The third-order valence-electron chi connectivity index (χ3n) is 6.78. The Morgan fingerprint density at radius 1 is 1.10 bits per heavy atom. The Labute approximate surface area is 246 Å². The lowest BCUT2D eigenvalue weighted by Gasteiger charge is -2.18. The molecule has 2 N–H and O–H groups in total. The number of carbonyl (C=O) groups excluding carboxylic acids is 2. The van der Waals surface area contributed by atoms with Gasteiger partial charge >= 0.3 is 0 Å². The Balaban J connectivity index is 1.30. The summed E-state index contributed by atoms with van der Waals surface area (Å²) in [4.78, 5) is 44.1. The molecular weight excluding hydrogens is 560 g/mol. The van der Waals surface area contributed by atoms with E-state index in [0.29, 0.717) is 52.7 Å². The van der Waals surface area contributed by atoms with Crippen molar-refractivity contribution in [3.05, 3.63) is 76.5 Å². The van der Waals surface area contributed by atoms with Gasteiger partial charge in [-0.15, -0.1) is 0 Å². The van der Waals surface area contributed by atoms with Gasteiger partial charge in [0.05, 0.1) is 36.1 Å². The Bertz CT molecular complexity index is 1600. The lowest BCUT2D eigenvalue weighted by Crippen LogP contribution is -2.33. The highest BCUT2D eigenvalue weighted by molar-refractivity contribution is 8.00. The third-order valence-corrected chi connectivity index (χ3v) is 8.13. The van der Waals surface area contributed by atoms with Gasteiger partial charge in [-0.25, -0.2) is 4.98 Å². The normalized spacial score (nSPS) is 12.7. The number of rotatable bonds is 13. The second-order valence-corrected chi connectivity index (χ2v) is 10.8. The van der Waals surface area contributed by atoms with E-state index >= 15 is 0 Å². The summed E-state index contributed by atoms with van der Waals surface area (Å²) in [7, 11) is 1.60. The molecule has 12 heteroatoms. The molecule has 2 aromatic carbocycles. The zero-order chi connectivity index (χ0) is 29.5. The van der Waals surface area contributed by atoms with Gasteiger partial charge in [0.15, 0.2) is 16.7 Å². The number of furan rings is 1. The molecule has 0 fully saturated rings. The van der Waals surface area contributed by atoms with Crippen LogP contribution in [0.3, 0.4) is 0 Å². The molecule has 0 radical (unpaired) electrons. The van der Waals surface area contributed by atoms with Crippen LogP contribution in [0.1, 0.15) is 37.5 Å². The molecule has 11 nitrogen and oxygen atoms in total. The molecule has 0 saturated heterocycles. The van der Waals surface area contributed by atoms with Crippen LogP contribution < -0.4 is 30.4 Å². The summed E-state index contributed by atoms with van der Waals surface area (Å²) < 4.78 is 23.0. The van der Waals surface area contributed by atoms with Crippen molar-refractivity contribution in [3.8, 4) is 17.2 Å². The van der Waals surface area contributed by atoms with Gasteiger partial charge in [-0.05, 0) is 48.7 Å². The Kier molecular flexibility index (Phi) is 9.32. The molecule has 220 valence electrons. The molecule has 1 aliphatic rings. The van der Waals surface area contributed by atoms with Crippen LogP contribution in [-0.2, 0) is 29.2 Å². The number of nitrogens with one attached hydrogen (secondary N) is 2. The third kappa shape index (κ3) is 6.88. The van der Waals surface area contributed by atoms with Gasteiger partial charge in [-0.3, -0.25) is 19.0 Å². The number of ether oxygens (including phenoxy) is 3. The number of fused-ring (bicyclic) bond motifs is 2. The predicted octanol–water partition coefficient (Wildman–Crippen LogP) is 4.01. The van der Waals surface area contributed by atoms with Gasteiger partial charge < -0.3 is 29.3 Å². The fourth-order valence-corrected chi connectivity index (χ4v) is 5.52. The maximum absolute atomic E-state index is 13.7. The molecule has 5 rings (SSSR count). The summed E-state index contributed by atoms with van der Waals surface area (Å²) in [5.74, 6) is 2.06. The van der Waals surface area contributed by atoms with E-state index < -0.39 is 5.25 Å². The molecule has 2 amide bonds. The molecule has 4 aromatic rings. The molecule has 2 aromatic heterocycles. The van der Waals surface area contributed by atoms with E-state index in [9.17, 15) is 14.4 Å². The van der Waals surface area contributed by atoms with Gasteiger partial charge in [-0.2, -0.15) is 0 Å². The van der Waals surface area contributed by atoms with E-state index in [1.165, 1.54) is 16.3 Å². The van der Waals surface area contributed by atoms with Crippen LogP contribution >= 0.6 is 11.8 Å². The van der Waals surface area contributed by atoms with Crippen molar-refractivity contribution in [1.29, 1.82) is 0 Å². The predicted molar refractivity (Wildman–Crippen MR) is 157 cm³/mol. The van der Waals surface area contributed by atoms with Crippen molar-refractivity contribution in [2.24, 2.45) is 0 Å². The topological polar surface area (TPSA) is 134 Å². The maximum atomic E-state index is 13.7. The van der Waals surface area contributed by atoms with E-state index in [1.807, 2.05) is 31.2 Å². The highest BCUT2D eigenvalue weighted by Crippen LogP contribution is 2.35. The van der Waals surface area contributed by atoms with Crippen molar-refractivity contribution in [1.82, 2.24) is 20.2 Å². The lowest BCUT2D eigenvalue weighted by atomic mass is 10.2. The van der Waals surface area contributed by atoms with Gasteiger partial charge in [0.1, 0.15) is 11.5 Å².